The number of rotatable bonds is 5. The first-order valence-electron chi connectivity index (χ1n) is 5.36. The highest BCUT2D eigenvalue weighted by atomic mass is 32.2. The first-order valence-corrected chi connectivity index (χ1v) is 6.76. The summed E-state index contributed by atoms with van der Waals surface area (Å²) >= 11 is 1.94. The molecule has 2 nitrogen and oxygen atoms in total. The van der Waals surface area contributed by atoms with E-state index in [4.69, 9.17) is 0 Å². The molecule has 1 aliphatic heterocycles. The van der Waals surface area contributed by atoms with Gasteiger partial charge < -0.3 is 10.6 Å². The van der Waals surface area contributed by atoms with E-state index in [9.17, 15) is 0 Å². The maximum Gasteiger partial charge on any atom is 0.0192 e. The van der Waals surface area contributed by atoms with Crippen LogP contribution in [0.15, 0.2) is 0 Å². The van der Waals surface area contributed by atoms with E-state index in [1.165, 1.54) is 51.1 Å². The molecule has 0 aromatic rings. The molecule has 0 aromatic heterocycles. The van der Waals surface area contributed by atoms with Crippen LogP contribution in [0.25, 0.3) is 0 Å². The molecule has 1 aliphatic rings. The van der Waals surface area contributed by atoms with Crippen molar-refractivity contribution in [1.29, 1.82) is 0 Å². The standard InChI is InChI=1S/C10H22N2S/c1-13-8-4-7-12-10-5-2-3-6-11-9-10/h10-12H,2-9H2,1H3. The van der Waals surface area contributed by atoms with Gasteiger partial charge in [0.25, 0.3) is 0 Å². The lowest BCUT2D eigenvalue weighted by atomic mass is 10.1. The normalized spacial score (nSPS) is 24.2. The summed E-state index contributed by atoms with van der Waals surface area (Å²) in [6, 6.07) is 0.726. The van der Waals surface area contributed by atoms with Gasteiger partial charge in [0.1, 0.15) is 0 Å². The predicted molar refractivity (Wildman–Crippen MR) is 61.5 cm³/mol. The average Bonchev–Trinajstić information content (AvgIpc) is 2.41. The van der Waals surface area contributed by atoms with E-state index >= 15 is 0 Å². The second-order valence-electron chi connectivity index (χ2n) is 3.70. The van der Waals surface area contributed by atoms with Crippen LogP contribution in [-0.4, -0.2) is 37.7 Å². The molecule has 0 spiro atoms. The van der Waals surface area contributed by atoms with Crippen LogP contribution in [-0.2, 0) is 0 Å². The van der Waals surface area contributed by atoms with Crippen molar-refractivity contribution in [1.82, 2.24) is 10.6 Å². The third-order valence-corrected chi connectivity index (χ3v) is 3.20. The quantitative estimate of drug-likeness (QED) is 0.660. The smallest absolute Gasteiger partial charge is 0.0192 e. The van der Waals surface area contributed by atoms with E-state index in [-0.39, 0.29) is 0 Å². The molecule has 1 heterocycles. The van der Waals surface area contributed by atoms with Crippen molar-refractivity contribution < 1.29 is 0 Å². The molecular weight excluding hydrogens is 180 g/mol. The fourth-order valence-corrected chi connectivity index (χ4v) is 2.15. The van der Waals surface area contributed by atoms with Gasteiger partial charge in [-0.2, -0.15) is 11.8 Å². The number of thioether (sulfide) groups is 1. The molecule has 2 N–H and O–H groups in total. The zero-order chi connectivity index (χ0) is 9.36. The van der Waals surface area contributed by atoms with Crippen molar-refractivity contribution in [2.75, 3.05) is 31.6 Å². The molecule has 0 radical (unpaired) electrons. The molecule has 1 saturated heterocycles. The minimum Gasteiger partial charge on any atom is -0.315 e. The maximum absolute atomic E-state index is 3.62. The van der Waals surface area contributed by atoms with E-state index in [0.29, 0.717) is 0 Å². The minimum atomic E-state index is 0.726. The molecule has 0 aromatic carbocycles. The first kappa shape index (κ1) is 11.3. The Kier molecular flexibility index (Phi) is 6.68. The minimum absolute atomic E-state index is 0.726. The first-order chi connectivity index (χ1) is 6.43. The fourth-order valence-electron chi connectivity index (χ4n) is 1.72. The van der Waals surface area contributed by atoms with Gasteiger partial charge in [0.05, 0.1) is 0 Å². The summed E-state index contributed by atoms with van der Waals surface area (Å²) in [6.45, 7) is 3.56. The molecule has 0 amide bonds. The summed E-state index contributed by atoms with van der Waals surface area (Å²) in [7, 11) is 0. The molecule has 1 unspecified atom stereocenters. The molecule has 78 valence electrons. The van der Waals surface area contributed by atoms with Crippen LogP contribution < -0.4 is 10.6 Å². The van der Waals surface area contributed by atoms with Crippen molar-refractivity contribution in [3.63, 3.8) is 0 Å². The topological polar surface area (TPSA) is 24.1 Å². The third-order valence-electron chi connectivity index (χ3n) is 2.51. The predicted octanol–water partition coefficient (Wildman–Crippen LogP) is 1.47. The van der Waals surface area contributed by atoms with E-state index in [1.54, 1.807) is 0 Å². The summed E-state index contributed by atoms with van der Waals surface area (Å²) in [5.74, 6) is 1.28. The van der Waals surface area contributed by atoms with Crippen LogP contribution in [0, 0.1) is 0 Å². The van der Waals surface area contributed by atoms with Crippen LogP contribution in [0.2, 0.25) is 0 Å². The van der Waals surface area contributed by atoms with Gasteiger partial charge in [-0.05, 0) is 44.4 Å². The van der Waals surface area contributed by atoms with E-state index in [0.717, 1.165) is 6.04 Å². The largest absolute Gasteiger partial charge is 0.315 e. The Morgan fingerprint density at radius 1 is 1.46 bits per heavy atom. The lowest BCUT2D eigenvalue weighted by Crippen LogP contribution is -2.37. The van der Waals surface area contributed by atoms with Crippen LogP contribution in [0.4, 0.5) is 0 Å². The van der Waals surface area contributed by atoms with Crippen molar-refractivity contribution in [3.8, 4) is 0 Å². The Labute approximate surface area is 86.2 Å². The summed E-state index contributed by atoms with van der Waals surface area (Å²) in [6.07, 6.45) is 7.56. The molecule has 0 saturated carbocycles. The monoisotopic (exact) mass is 202 g/mol. The Hall–Kier alpha value is 0.270. The Morgan fingerprint density at radius 3 is 3.23 bits per heavy atom. The number of nitrogens with one attached hydrogen (secondary N) is 2. The van der Waals surface area contributed by atoms with Gasteiger partial charge in [0.2, 0.25) is 0 Å². The van der Waals surface area contributed by atoms with Crippen LogP contribution in [0.1, 0.15) is 25.7 Å². The van der Waals surface area contributed by atoms with E-state index in [2.05, 4.69) is 16.9 Å². The second-order valence-corrected chi connectivity index (χ2v) is 4.68. The van der Waals surface area contributed by atoms with Crippen LogP contribution >= 0.6 is 11.8 Å². The van der Waals surface area contributed by atoms with Gasteiger partial charge in [-0.3, -0.25) is 0 Å². The Bertz CT molecular complexity index is 111. The average molecular weight is 202 g/mol. The van der Waals surface area contributed by atoms with Crippen molar-refractivity contribution in [2.45, 2.75) is 31.7 Å². The van der Waals surface area contributed by atoms with Gasteiger partial charge >= 0.3 is 0 Å². The zero-order valence-electron chi connectivity index (χ0n) is 8.64. The highest BCUT2D eigenvalue weighted by molar-refractivity contribution is 7.98. The van der Waals surface area contributed by atoms with Gasteiger partial charge in [0, 0.05) is 12.6 Å². The summed E-state index contributed by atoms with van der Waals surface area (Å²) < 4.78 is 0. The molecule has 1 atom stereocenters. The summed E-state index contributed by atoms with van der Waals surface area (Å²) in [5, 5.41) is 7.09. The SMILES string of the molecule is CSCCCNC1CCCCNC1. The van der Waals surface area contributed by atoms with Crippen molar-refractivity contribution in [2.24, 2.45) is 0 Å². The molecular formula is C10H22N2S. The molecule has 1 fully saturated rings. The molecule has 3 heteroatoms. The highest BCUT2D eigenvalue weighted by Crippen LogP contribution is 2.04. The highest BCUT2D eigenvalue weighted by Gasteiger charge is 2.09. The third kappa shape index (κ3) is 5.55. The fraction of sp³-hybridized carbons (Fsp3) is 1.00. The maximum atomic E-state index is 3.62. The lowest BCUT2D eigenvalue weighted by Gasteiger charge is -2.15. The molecule has 1 rings (SSSR count). The zero-order valence-corrected chi connectivity index (χ0v) is 9.46. The summed E-state index contributed by atoms with van der Waals surface area (Å²) in [5.41, 5.74) is 0. The van der Waals surface area contributed by atoms with Gasteiger partial charge in [-0.15, -0.1) is 0 Å². The molecule has 0 bridgehead atoms. The Morgan fingerprint density at radius 2 is 2.38 bits per heavy atom. The van der Waals surface area contributed by atoms with Crippen LogP contribution in [0.3, 0.4) is 0 Å². The van der Waals surface area contributed by atoms with Gasteiger partial charge in [-0.25, -0.2) is 0 Å². The number of hydrogen-bond acceptors (Lipinski definition) is 3. The Balaban J connectivity index is 1.98. The molecule has 0 aliphatic carbocycles. The lowest BCUT2D eigenvalue weighted by molar-refractivity contribution is 0.476. The number of hydrogen-bond donors (Lipinski definition) is 2. The van der Waals surface area contributed by atoms with Gasteiger partial charge in [-0.1, -0.05) is 6.42 Å². The van der Waals surface area contributed by atoms with E-state index < -0.39 is 0 Å². The summed E-state index contributed by atoms with van der Waals surface area (Å²) in [4.78, 5) is 0. The van der Waals surface area contributed by atoms with Gasteiger partial charge in [0.15, 0.2) is 0 Å². The van der Waals surface area contributed by atoms with Crippen LogP contribution in [0.5, 0.6) is 0 Å². The van der Waals surface area contributed by atoms with Crippen molar-refractivity contribution in [3.05, 3.63) is 0 Å². The van der Waals surface area contributed by atoms with Crippen molar-refractivity contribution >= 4 is 11.8 Å². The molecule has 13 heavy (non-hydrogen) atoms. The van der Waals surface area contributed by atoms with E-state index in [1.807, 2.05) is 11.8 Å². The second kappa shape index (κ2) is 7.65.